The fraction of sp³-hybridized carbons (Fsp3) is 0.0282. The smallest absolute Gasteiger partial charge is 0.309 e. The zero-order valence-electron chi connectivity index (χ0n) is 44.9. The first-order chi connectivity index (χ1) is 42.4. The number of nitrogens with zero attached hydrogens (tertiary/aromatic N) is 11. The average molecular weight is 1150 g/mol. The maximum absolute atomic E-state index is 16.0. The standard InChI is InChI=1S/C71H29F6N11/c72-70(73,74)52-9-18-57(63(28-52)71(75,76)77)62-29-64(87-65-23-43(53-10-1-39(30-78)19-47(53)34-82)5-14-58(65)59-15-6-44(24-66(59)87)54-11-2-40(31-79)20-48(54)35-83)51(38-86)27-69(62)88-67-25-45(55-12-3-41(32-80)21-49(55)36-84)7-16-60(67)61-17-8-46(26-68(61)88)56-13-4-42(33-81)22-50(56)37-85/h1-29H. The molecular weight excluding hydrogens is 1120 g/mol. The Bertz CT molecular complexity index is 5240. The molecule has 0 aliphatic rings. The number of hydrogen-bond donors (Lipinski definition) is 0. The third kappa shape index (κ3) is 9.21. The number of rotatable bonds is 7. The molecule has 0 amide bonds. The lowest BCUT2D eigenvalue weighted by Crippen LogP contribution is -2.13. The number of hydrogen-bond acceptors (Lipinski definition) is 9. The summed E-state index contributed by atoms with van der Waals surface area (Å²) in [6.07, 6.45) is -10.7. The molecule has 0 saturated heterocycles. The van der Waals surface area contributed by atoms with E-state index in [1.165, 1.54) is 60.7 Å². The van der Waals surface area contributed by atoms with Crippen LogP contribution in [0.5, 0.6) is 0 Å². The number of nitriles is 9. The van der Waals surface area contributed by atoms with E-state index >= 15 is 13.2 Å². The first-order valence-corrected chi connectivity index (χ1v) is 26.3. The van der Waals surface area contributed by atoms with Crippen molar-refractivity contribution in [2.24, 2.45) is 0 Å². The highest BCUT2D eigenvalue weighted by molar-refractivity contribution is 6.14. The molecule has 10 aromatic carbocycles. The van der Waals surface area contributed by atoms with Crippen LogP contribution in [0.3, 0.4) is 0 Å². The third-order valence-corrected chi connectivity index (χ3v) is 15.5. The number of fused-ring (bicyclic) bond motifs is 6. The summed E-state index contributed by atoms with van der Waals surface area (Å²) < 4.78 is 95.1. The van der Waals surface area contributed by atoms with Crippen molar-refractivity contribution < 1.29 is 26.3 Å². The van der Waals surface area contributed by atoms with Gasteiger partial charge in [-0.25, -0.2) is 0 Å². The van der Waals surface area contributed by atoms with Gasteiger partial charge in [0.05, 0.1) is 143 Å². The molecule has 0 bridgehead atoms. The molecular formula is C71H29F6N11. The van der Waals surface area contributed by atoms with E-state index in [2.05, 4.69) is 30.3 Å². The Balaban J connectivity index is 1.26. The highest BCUT2D eigenvalue weighted by Gasteiger charge is 2.39. The minimum absolute atomic E-state index is 0.0233. The third-order valence-electron chi connectivity index (χ3n) is 15.5. The molecule has 0 N–H and O–H groups in total. The summed E-state index contributed by atoms with van der Waals surface area (Å²) in [5.41, 5.74) is 0.891. The Morgan fingerprint density at radius 2 is 0.580 bits per heavy atom. The largest absolute Gasteiger partial charge is 0.417 e. The monoisotopic (exact) mass is 1150 g/mol. The summed E-state index contributed by atoms with van der Waals surface area (Å²) in [7, 11) is 0. The van der Waals surface area contributed by atoms with Gasteiger partial charge in [0.1, 0.15) is 6.07 Å². The molecule has 0 aliphatic carbocycles. The van der Waals surface area contributed by atoms with Crippen molar-refractivity contribution in [3.63, 3.8) is 0 Å². The summed E-state index contributed by atoms with van der Waals surface area (Å²) in [6, 6.07) is 61.3. The number of alkyl halides is 6. The van der Waals surface area contributed by atoms with Crippen LogP contribution in [0.1, 0.15) is 61.2 Å². The summed E-state index contributed by atoms with van der Waals surface area (Å²) in [5, 5.41) is 94.1. The van der Waals surface area contributed by atoms with Crippen molar-refractivity contribution in [2.75, 3.05) is 0 Å². The normalized spacial score (nSPS) is 11.2. The lowest BCUT2D eigenvalue weighted by molar-refractivity contribution is -0.142. The molecule has 17 heteroatoms. The zero-order valence-corrected chi connectivity index (χ0v) is 44.9. The van der Waals surface area contributed by atoms with Gasteiger partial charge < -0.3 is 9.13 Å². The Hall–Kier alpha value is -13.2. The van der Waals surface area contributed by atoms with Crippen molar-refractivity contribution in [2.45, 2.75) is 12.4 Å². The maximum Gasteiger partial charge on any atom is 0.417 e. The molecule has 0 fully saturated rings. The molecule has 0 radical (unpaired) electrons. The molecule has 88 heavy (non-hydrogen) atoms. The predicted octanol–water partition coefficient (Wildman–Crippen LogP) is 17.1. The van der Waals surface area contributed by atoms with Crippen LogP contribution in [0.4, 0.5) is 26.3 Å². The minimum atomic E-state index is -5.45. The summed E-state index contributed by atoms with van der Waals surface area (Å²) in [5.74, 6) is 0. The molecule has 0 unspecified atom stereocenters. The molecule has 0 saturated carbocycles. The minimum Gasteiger partial charge on any atom is -0.309 e. The quantitative estimate of drug-likeness (QED) is 0.138. The average Bonchev–Trinajstić information content (AvgIpc) is 1.75. The topological polar surface area (TPSA) is 224 Å². The number of aromatic nitrogens is 2. The lowest BCUT2D eigenvalue weighted by atomic mass is 9.93. The molecule has 410 valence electrons. The highest BCUT2D eigenvalue weighted by Crippen LogP contribution is 2.48. The maximum atomic E-state index is 16.0. The summed E-state index contributed by atoms with van der Waals surface area (Å²) in [6.45, 7) is 0. The predicted molar refractivity (Wildman–Crippen MR) is 315 cm³/mol. The van der Waals surface area contributed by atoms with E-state index in [9.17, 15) is 60.5 Å². The van der Waals surface area contributed by atoms with Gasteiger partial charge in [-0.3, -0.25) is 0 Å². The first-order valence-electron chi connectivity index (χ1n) is 26.3. The van der Waals surface area contributed by atoms with E-state index in [4.69, 9.17) is 0 Å². The van der Waals surface area contributed by atoms with Crippen molar-refractivity contribution >= 4 is 43.6 Å². The van der Waals surface area contributed by atoms with Crippen LogP contribution in [0.15, 0.2) is 176 Å². The zero-order chi connectivity index (χ0) is 61.9. The Kier molecular flexibility index (Phi) is 13.3. The van der Waals surface area contributed by atoms with Crippen LogP contribution in [0.2, 0.25) is 0 Å². The Morgan fingerprint density at radius 3 is 0.875 bits per heavy atom. The van der Waals surface area contributed by atoms with Gasteiger partial charge >= 0.3 is 12.4 Å². The van der Waals surface area contributed by atoms with E-state index in [1.54, 1.807) is 106 Å². The van der Waals surface area contributed by atoms with E-state index < -0.39 is 29.0 Å². The van der Waals surface area contributed by atoms with E-state index in [0.29, 0.717) is 83.2 Å². The second kappa shape index (κ2) is 21.2. The second-order valence-electron chi connectivity index (χ2n) is 20.3. The van der Waals surface area contributed by atoms with Crippen LogP contribution in [-0.4, -0.2) is 9.13 Å². The fourth-order valence-electron chi connectivity index (χ4n) is 11.5. The Morgan fingerprint density at radius 1 is 0.261 bits per heavy atom. The van der Waals surface area contributed by atoms with E-state index in [-0.39, 0.29) is 84.1 Å². The van der Waals surface area contributed by atoms with Gasteiger partial charge in [0.2, 0.25) is 0 Å². The molecule has 2 heterocycles. The van der Waals surface area contributed by atoms with Crippen LogP contribution in [0.25, 0.3) is 111 Å². The van der Waals surface area contributed by atoms with Gasteiger partial charge in [0.15, 0.2) is 0 Å². The van der Waals surface area contributed by atoms with Crippen LogP contribution < -0.4 is 0 Å². The van der Waals surface area contributed by atoms with Crippen molar-refractivity contribution in [1.29, 1.82) is 47.4 Å². The van der Waals surface area contributed by atoms with Crippen molar-refractivity contribution in [3.8, 4) is 122 Å². The number of halogens is 6. The SMILES string of the molecule is N#Cc1ccc(-c2ccc3c4ccc(-c5ccc(C#N)cc5C#N)cc4n(-c4cc(-c5ccc(C(F)(F)F)cc5C(F)(F)F)c(-n5c6cc(-c7ccc(C#N)cc7C#N)ccc6c6ccc(-c7ccc(C#N)cc7C#N)cc65)cc4C#N)c3c2)c(C#N)c1. The molecule has 12 aromatic rings. The molecule has 2 aromatic heterocycles. The van der Waals surface area contributed by atoms with Crippen molar-refractivity contribution in [1.82, 2.24) is 9.13 Å². The van der Waals surface area contributed by atoms with Gasteiger partial charge in [-0.05, 0) is 147 Å². The highest BCUT2D eigenvalue weighted by atomic mass is 19.4. The summed E-state index contributed by atoms with van der Waals surface area (Å²) >= 11 is 0. The molecule has 11 nitrogen and oxygen atoms in total. The van der Waals surface area contributed by atoms with Gasteiger partial charge in [0.25, 0.3) is 0 Å². The van der Waals surface area contributed by atoms with Gasteiger partial charge in [0, 0.05) is 27.1 Å². The fourth-order valence-corrected chi connectivity index (χ4v) is 11.5. The van der Waals surface area contributed by atoms with E-state index in [1.807, 2.05) is 24.3 Å². The lowest BCUT2D eigenvalue weighted by Gasteiger charge is -2.22. The van der Waals surface area contributed by atoms with Crippen LogP contribution in [0, 0.1) is 102 Å². The van der Waals surface area contributed by atoms with E-state index in [0.717, 1.165) is 6.07 Å². The van der Waals surface area contributed by atoms with Crippen LogP contribution >= 0.6 is 0 Å². The van der Waals surface area contributed by atoms with Crippen LogP contribution in [-0.2, 0) is 12.4 Å². The Labute approximate surface area is 495 Å². The molecule has 0 spiro atoms. The first kappa shape index (κ1) is 55.3. The number of benzene rings is 10. The molecule has 12 rings (SSSR count). The van der Waals surface area contributed by atoms with Crippen molar-refractivity contribution in [3.05, 3.63) is 237 Å². The van der Waals surface area contributed by atoms with Gasteiger partial charge in [-0.2, -0.15) is 73.7 Å². The molecule has 0 aliphatic heterocycles. The van der Waals surface area contributed by atoms with Gasteiger partial charge in [-0.1, -0.05) is 78.9 Å². The van der Waals surface area contributed by atoms with Gasteiger partial charge in [-0.15, -0.1) is 0 Å². The second-order valence-corrected chi connectivity index (χ2v) is 20.3. The summed E-state index contributed by atoms with van der Waals surface area (Å²) in [4.78, 5) is 0. The molecule has 0 atom stereocenters.